The summed E-state index contributed by atoms with van der Waals surface area (Å²) in [6.45, 7) is 3.22. The average molecular weight is 405 g/mol. The highest BCUT2D eigenvalue weighted by Crippen LogP contribution is 2.64. The van der Waals surface area contributed by atoms with Gasteiger partial charge in [0, 0.05) is 22.1 Å². The van der Waals surface area contributed by atoms with Gasteiger partial charge < -0.3 is 9.47 Å². The number of carbonyl (C=O) groups excluding carboxylic acids is 2. The van der Waals surface area contributed by atoms with Crippen molar-refractivity contribution in [1.29, 1.82) is 0 Å². The van der Waals surface area contributed by atoms with Gasteiger partial charge in [0.1, 0.15) is 27.0 Å². The predicted molar refractivity (Wildman–Crippen MR) is 94.7 cm³/mol. The zero-order chi connectivity index (χ0) is 18.4. The Bertz CT molecular complexity index is 864. The van der Waals surface area contributed by atoms with Gasteiger partial charge in [-0.1, -0.05) is 6.07 Å². The van der Waals surface area contributed by atoms with E-state index in [1.165, 1.54) is 6.07 Å². The first-order valence-electron chi connectivity index (χ1n) is 7.63. The van der Waals surface area contributed by atoms with Gasteiger partial charge in [-0.2, -0.15) is 0 Å². The van der Waals surface area contributed by atoms with Gasteiger partial charge in [-0.3, -0.25) is 4.79 Å². The van der Waals surface area contributed by atoms with Crippen LogP contribution in [0.25, 0.3) is 10.1 Å². The fourth-order valence-electron chi connectivity index (χ4n) is 2.58. The molecular weight excluding hydrogens is 390 g/mol. The molecule has 1 aromatic carbocycles. The van der Waals surface area contributed by atoms with Crippen LogP contribution < -0.4 is 0 Å². The summed E-state index contributed by atoms with van der Waals surface area (Å²) < 4.78 is 24.0. The van der Waals surface area contributed by atoms with E-state index in [0.717, 1.165) is 11.3 Å². The maximum absolute atomic E-state index is 14.3. The second-order valence-electron chi connectivity index (χ2n) is 6.03. The molecule has 0 bridgehead atoms. The Balaban J connectivity index is 1.92. The molecule has 4 nitrogen and oxygen atoms in total. The van der Waals surface area contributed by atoms with Crippen LogP contribution in [0.3, 0.4) is 0 Å². The molecule has 134 valence electrons. The lowest BCUT2D eigenvalue weighted by atomic mass is 10.1. The van der Waals surface area contributed by atoms with Crippen LogP contribution in [0.15, 0.2) is 18.2 Å². The summed E-state index contributed by atoms with van der Waals surface area (Å²) in [7, 11) is 0. The number of halogens is 3. The van der Waals surface area contributed by atoms with Crippen LogP contribution in [0.4, 0.5) is 4.39 Å². The minimum Gasteiger partial charge on any atom is -0.462 e. The molecule has 1 saturated carbocycles. The van der Waals surface area contributed by atoms with Crippen molar-refractivity contribution >= 4 is 56.6 Å². The fraction of sp³-hybridized carbons (Fsp3) is 0.412. The zero-order valence-corrected chi connectivity index (χ0v) is 15.9. The van der Waals surface area contributed by atoms with Crippen molar-refractivity contribution in [1.82, 2.24) is 0 Å². The predicted octanol–water partition coefficient (Wildman–Crippen LogP) is 4.84. The van der Waals surface area contributed by atoms with Gasteiger partial charge >= 0.3 is 11.9 Å². The minimum absolute atomic E-state index is 0.188. The molecular formula is C17H15Cl2FO4S. The van der Waals surface area contributed by atoms with E-state index in [-0.39, 0.29) is 29.9 Å². The van der Waals surface area contributed by atoms with Gasteiger partial charge in [-0.25, -0.2) is 9.18 Å². The highest BCUT2D eigenvalue weighted by molar-refractivity contribution is 7.21. The minimum atomic E-state index is -1.16. The summed E-state index contributed by atoms with van der Waals surface area (Å²) in [5.41, 5.74) is -0.700. The Hall–Kier alpha value is -1.37. The van der Waals surface area contributed by atoms with Crippen molar-refractivity contribution in [3.63, 3.8) is 0 Å². The maximum Gasteiger partial charge on any atom is 0.348 e. The number of hydrogen-bond donors (Lipinski definition) is 0. The molecule has 1 atom stereocenters. The van der Waals surface area contributed by atoms with E-state index in [2.05, 4.69) is 0 Å². The number of benzene rings is 1. The Labute approximate surface area is 157 Å². The van der Waals surface area contributed by atoms with Gasteiger partial charge in [0.05, 0.1) is 6.61 Å². The Morgan fingerprint density at radius 1 is 1.32 bits per heavy atom. The molecule has 2 aromatic rings. The second-order valence-corrected chi connectivity index (χ2v) is 8.57. The summed E-state index contributed by atoms with van der Waals surface area (Å²) in [5.74, 6) is -1.64. The Morgan fingerprint density at radius 2 is 2.00 bits per heavy atom. The van der Waals surface area contributed by atoms with Crippen molar-refractivity contribution in [2.45, 2.75) is 31.2 Å². The number of ether oxygens (including phenoxy) is 2. The SMILES string of the molecule is CCOC(=O)c1sc2cccc(F)c2c1COC(=O)[C@]1(C)CC1(Cl)Cl. The largest absolute Gasteiger partial charge is 0.462 e. The molecule has 1 aliphatic carbocycles. The standard InChI is InChI=1S/C17H15Cl2FO4S/c1-3-23-14(21)13-9(12-10(20)5-4-6-11(12)25-13)7-24-15(22)16(2)8-17(16,18)19/h4-6H,3,7-8H2,1-2H3/t16-/m0/s1. The molecule has 1 fully saturated rings. The quantitative estimate of drug-likeness (QED) is 0.528. The molecule has 1 aromatic heterocycles. The third kappa shape index (κ3) is 3.11. The van der Waals surface area contributed by atoms with Crippen molar-refractivity contribution in [3.8, 4) is 0 Å². The van der Waals surface area contributed by atoms with Gasteiger partial charge in [0.2, 0.25) is 0 Å². The zero-order valence-electron chi connectivity index (χ0n) is 13.5. The number of fused-ring (bicyclic) bond motifs is 1. The smallest absolute Gasteiger partial charge is 0.348 e. The first-order valence-corrected chi connectivity index (χ1v) is 9.20. The van der Waals surface area contributed by atoms with Gasteiger partial charge in [0.15, 0.2) is 0 Å². The van der Waals surface area contributed by atoms with E-state index in [4.69, 9.17) is 32.7 Å². The molecule has 25 heavy (non-hydrogen) atoms. The van der Waals surface area contributed by atoms with Gasteiger partial charge in [-0.05, 0) is 26.0 Å². The Morgan fingerprint density at radius 3 is 2.60 bits per heavy atom. The number of alkyl halides is 2. The molecule has 1 aliphatic rings. The monoisotopic (exact) mass is 404 g/mol. The highest BCUT2D eigenvalue weighted by atomic mass is 35.5. The number of thiophene rings is 1. The number of carbonyl (C=O) groups is 2. The number of hydrogen-bond acceptors (Lipinski definition) is 5. The van der Waals surface area contributed by atoms with E-state index in [0.29, 0.717) is 10.3 Å². The molecule has 8 heteroatoms. The molecule has 0 aliphatic heterocycles. The van der Waals surface area contributed by atoms with Crippen LogP contribution in [0.1, 0.15) is 35.5 Å². The van der Waals surface area contributed by atoms with Crippen molar-refractivity contribution < 1.29 is 23.5 Å². The molecule has 1 heterocycles. The van der Waals surface area contributed by atoms with E-state index < -0.39 is 27.5 Å². The molecule has 3 rings (SSSR count). The third-order valence-corrected chi connectivity index (χ3v) is 6.56. The van der Waals surface area contributed by atoms with Crippen molar-refractivity contribution in [2.24, 2.45) is 5.41 Å². The van der Waals surface area contributed by atoms with Crippen molar-refractivity contribution in [3.05, 3.63) is 34.5 Å². The molecule has 0 N–H and O–H groups in total. The first kappa shape index (κ1) is 18.4. The summed E-state index contributed by atoms with van der Waals surface area (Å²) in [6, 6.07) is 4.54. The van der Waals surface area contributed by atoms with Crippen LogP contribution in [-0.4, -0.2) is 22.9 Å². The van der Waals surface area contributed by atoms with Crippen molar-refractivity contribution in [2.75, 3.05) is 6.61 Å². The fourth-order valence-corrected chi connectivity index (χ4v) is 4.39. The van der Waals surface area contributed by atoms with Crippen LogP contribution in [0.2, 0.25) is 0 Å². The molecule has 0 saturated heterocycles. The lowest BCUT2D eigenvalue weighted by Gasteiger charge is -2.12. The number of esters is 2. The molecule has 0 amide bonds. The van der Waals surface area contributed by atoms with E-state index in [9.17, 15) is 14.0 Å². The molecule has 0 unspecified atom stereocenters. The third-order valence-electron chi connectivity index (χ3n) is 4.28. The summed E-state index contributed by atoms with van der Waals surface area (Å²) in [5, 5.41) is 0.257. The normalized spacial score (nSPS) is 21.2. The summed E-state index contributed by atoms with van der Waals surface area (Å²) in [6.07, 6.45) is 0.283. The van der Waals surface area contributed by atoms with Gasteiger partial charge in [-0.15, -0.1) is 34.5 Å². The van der Waals surface area contributed by atoms with Gasteiger partial charge in [0.25, 0.3) is 0 Å². The molecule has 0 spiro atoms. The first-order chi connectivity index (χ1) is 11.7. The number of rotatable bonds is 5. The highest BCUT2D eigenvalue weighted by Gasteiger charge is 2.69. The average Bonchev–Trinajstić information content (AvgIpc) is 2.91. The lowest BCUT2D eigenvalue weighted by molar-refractivity contribution is -0.150. The van der Waals surface area contributed by atoms with Crippen LogP contribution >= 0.6 is 34.5 Å². The van der Waals surface area contributed by atoms with Crippen LogP contribution in [0, 0.1) is 11.2 Å². The summed E-state index contributed by atoms with van der Waals surface area (Å²) >= 11 is 13.1. The second kappa shape index (κ2) is 6.41. The topological polar surface area (TPSA) is 52.6 Å². The molecule has 0 radical (unpaired) electrons. The van der Waals surface area contributed by atoms with Crippen LogP contribution in [-0.2, 0) is 20.9 Å². The summed E-state index contributed by atoms with van der Waals surface area (Å²) in [4.78, 5) is 24.7. The Kier molecular flexibility index (Phi) is 4.73. The lowest BCUT2D eigenvalue weighted by Crippen LogP contribution is -2.21. The van der Waals surface area contributed by atoms with E-state index in [1.807, 2.05) is 0 Å². The van der Waals surface area contributed by atoms with E-state index >= 15 is 0 Å². The van der Waals surface area contributed by atoms with E-state index in [1.54, 1.807) is 26.0 Å². The maximum atomic E-state index is 14.3. The van der Waals surface area contributed by atoms with Crippen LogP contribution in [0.5, 0.6) is 0 Å².